The maximum absolute atomic E-state index is 11.9. The molecule has 19 heavy (non-hydrogen) atoms. The van der Waals surface area contributed by atoms with Gasteiger partial charge >= 0.3 is 5.97 Å². The number of ether oxygens (including phenoxy) is 1. The number of carbonyl (C=O) groups excluding carboxylic acids is 2. The molecule has 104 valence electrons. The van der Waals surface area contributed by atoms with Gasteiger partial charge in [0.05, 0.1) is 0 Å². The predicted molar refractivity (Wildman–Crippen MR) is 74.3 cm³/mol. The SMILES string of the molecule is C[C@H](OC(=O)c1cc2c(s1)CCCCCC2)C(N)=O. The Kier molecular flexibility index (Phi) is 4.58. The fourth-order valence-corrected chi connectivity index (χ4v) is 3.36. The van der Waals surface area contributed by atoms with Gasteiger partial charge in [0, 0.05) is 4.88 Å². The smallest absolute Gasteiger partial charge is 0.349 e. The molecule has 0 unspecified atom stereocenters. The van der Waals surface area contributed by atoms with Gasteiger partial charge in [-0.05, 0) is 44.2 Å². The first-order valence-corrected chi connectivity index (χ1v) is 7.51. The van der Waals surface area contributed by atoms with Gasteiger partial charge in [0.1, 0.15) is 4.88 Å². The van der Waals surface area contributed by atoms with Crippen molar-refractivity contribution >= 4 is 23.2 Å². The van der Waals surface area contributed by atoms with Crippen molar-refractivity contribution in [2.24, 2.45) is 5.73 Å². The van der Waals surface area contributed by atoms with Gasteiger partial charge in [-0.3, -0.25) is 4.79 Å². The average Bonchev–Trinajstić information content (AvgIpc) is 2.71. The lowest BCUT2D eigenvalue weighted by atomic mass is 10.00. The second-order valence-corrected chi connectivity index (χ2v) is 6.06. The molecule has 0 radical (unpaired) electrons. The summed E-state index contributed by atoms with van der Waals surface area (Å²) in [7, 11) is 0. The summed E-state index contributed by atoms with van der Waals surface area (Å²) in [6.07, 6.45) is 6.07. The van der Waals surface area contributed by atoms with E-state index in [0.717, 1.165) is 12.8 Å². The summed E-state index contributed by atoms with van der Waals surface area (Å²) in [5, 5.41) is 0. The van der Waals surface area contributed by atoms with Gasteiger partial charge in [0.15, 0.2) is 6.10 Å². The number of esters is 1. The van der Waals surface area contributed by atoms with Crippen LogP contribution >= 0.6 is 11.3 Å². The number of carbonyl (C=O) groups is 2. The summed E-state index contributed by atoms with van der Waals surface area (Å²) in [6.45, 7) is 1.49. The van der Waals surface area contributed by atoms with E-state index < -0.39 is 18.0 Å². The molecule has 0 spiro atoms. The first-order chi connectivity index (χ1) is 9.08. The Hall–Kier alpha value is -1.36. The molecule has 0 saturated carbocycles. The van der Waals surface area contributed by atoms with Crippen LogP contribution in [0.15, 0.2) is 6.07 Å². The van der Waals surface area contributed by atoms with Gasteiger partial charge in [0.2, 0.25) is 0 Å². The Morgan fingerprint density at radius 3 is 2.63 bits per heavy atom. The topological polar surface area (TPSA) is 69.4 Å². The molecule has 5 heteroatoms. The lowest BCUT2D eigenvalue weighted by molar-refractivity contribution is -0.125. The monoisotopic (exact) mass is 281 g/mol. The van der Waals surface area contributed by atoms with Gasteiger partial charge in [-0.1, -0.05) is 12.8 Å². The van der Waals surface area contributed by atoms with E-state index in [1.54, 1.807) is 0 Å². The molecule has 1 atom stereocenters. The van der Waals surface area contributed by atoms with Gasteiger partial charge in [-0.25, -0.2) is 4.79 Å². The quantitative estimate of drug-likeness (QED) is 0.865. The van der Waals surface area contributed by atoms with Crippen molar-refractivity contribution in [3.8, 4) is 0 Å². The number of thiophene rings is 1. The van der Waals surface area contributed by atoms with Crippen LogP contribution in [0.3, 0.4) is 0 Å². The van der Waals surface area contributed by atoms with Gasteiger partial charge < -0.3 is 10.5 Å². The van der Waals surface area contributed by atoms with E-state index >= 15 is 0 Å². The first kappa shape index (κ1) is 14.1. The largest absolute Gasteiger partial charge is 0.448 e. The number of aryl methyl sites for hydroxylation is 2. The standard InChI is InChI=1S/C14H19NO3S/c1-9(13(15)16)18-14(17)12-8-10-6-4-2-3-5-7-11(10)19-12/h8-9H,2-7H2,1H3,(H2,15,16)/t9-/m0/s1. The molecule has 1 aromatic rings. The second-order valence-electron chi connectivity index (χ2n) is 4.92. The number of primary amides is 1. The fourth-order valence-electron chi connectivity index (χ4n) is 2.22. The lowest BCUT2D eigenvalue weighted by Crippen LogP contribution is -2.30. The molecule has 1 heterocycles. The molecule has 0 bridgehead atoms. The molecular formula is C14H19NO3S. The average molecular weight is 281 g/mol. The Labute approximate surface area is 116 Å². The van der Waals surface area contributed by atoms with Crippen LogP contribution in [0.25, 0.3) is 0 Å². The molecule has 1 aromatic heterocycles. The number of nitrogens with two attached hydrogens (primary N) is 1. The minimum absolute atomic E-state index is 0.442. The summed E-state index contributed by atoms with van der Waals surface area (Å²) in [6, 6.07) is 1.92. The van der Waals surface area contributed by atoms with E-state index in [9.17, 15) is 9.59 Å². The summed E-state index contributed by atoms with van der Waals surface area (Å²) in [5.41, 5.74) is 6.36. The summed E-state index contributed by atoms with van der Waals surface area (Å²) in [4.78, 5) is 24.7. The van der Waals surface area contributed by atoms with E-state index in [1.165, 1.54) is 54.4 Å². The third-order valence-electron chi connectivity index (χ3n) is 3.38. The zero-order chi connectivity index (χ0) is 13.8. The van der Waals surface area contributed by atoms with Crippen LogP contribution in [-0.2, 0) is 22.4 Å². The summed E-state index contributed by atoms with van der Waals surface area (Å²) in [5.74, 6) is -1.06. The Bertz CT molecular complexity index is 456. The molecule has 4 nitrogen and oxygen atoms in total. The number of hydrogen-bond donors (Lipinski definition) is 1. The highest BCUT2D eigenvalue weighted by Crippen LogP contribution is 2.29. The molecular weight excluding hydrogens is 262 g/mol. The minimum atomic E-state index is -0.878. The molecule has 2 N–H and O–H groups in total. The van der Waals surface area contributed by atoms with Crippen LogP contribution in [0.4, 0.5) is 0 Å². The van der Waals surface area contributed by atoms with Crippen LogP contribution in [0.1, 0.15) is 52.7 Å². The molecule has 1 aliphatic carbocycles. The highest BCUT2D eigenvalue weighted by Gasteiger charge is 2.20. The maximum Gasteiger partial charge on any atom is 0.349 e. The van der Waals surface area contributed by atoms with Crippen molar-refractivity contribution in [3.63, 3.8) is 0 Å². The zero-order valence-electron chi connectivity index (χ0n) is 11.1. The Balaban J connectivity index is 2.10. The predicted octanol–water partition coefficient (Wildman–Crippen LogP) is 2.44. The van der Waals surface area contributed by atoms with Crippen LogP contribution < -0.4 is 5.73 Å². The van der Waals surface area contributed by atoms with Crippen LogP contribution in [0.5, 0.6) is 0 Å². The maximum atomic E-state index is 11.9. The molecule has 1 aliphatic rings. The molecule has 0 aliphatic heterocycles. The van der Waals surface area contributed by atoms with Crippen molar-refractivity contribution in [2.75, 3.05) is 0 Å². The minimum Gasteiger partial charge on any atom is -0.448 e. The van der Waals surface area contributed by atoms with Crippen LogP contribution in [0.2, 0.25) is 0 Å². The van der Waals surface area contributed by atoms with Crippen LogP contribution in [0, 0.1) is 0 Å². The van der Waals surface area contributed by atoms with E-state index in [1.807, 2.05) is 6.07 Å². The fraction of sp³-hybridized carbons (Fsp3) is 0.571. The zero-order valence-corrected chi connectivity index (χ0v) is 11.9. The molecule has 0 aromatic carbocycles. The number of amides is 1. The third-order valence-corrected chi connectivity index (χ3v) is 4.60. The van der Waals surface area contributed by atoms with Crippen molar-refractivity contribution in [3.05, 3.63) is 21.4 Å². The normalized spacial score (nSPS) is 16.9. The van der Waals surface area contributed by atoms with Crippen molar-refractivity contribution in [1.82, 2.24) is 0 Å². The van der Waals surface area contributed by atoms with E-state index in [4.69, 9.17) is 10.5 Å². The van der Waals surface area contributed by atoms with Gasteiger partial charge in [0.25, 0.3) is 5.91 Å². The van der Waals surface area contributed by atoms with Crippen molar-refractivity contribution in [1.29, 1.82) is 0 Å². The highest BCUT2D eigenvalue weighted by molar-refractivity contribution is 7.14. The van der Waals surface area contributed by atoms with E-state index in [-0.39, 0.29) is 0 Å². The summed E-state index contributed by atoms with van der Waals surface area (Å²) < 4.78 is 5.04. The Morgan fingerprint density at radius 2 is 1.95 bits per heavy atom. The third kappa shape index (κ3) is 3.56. The molecule has 2 rings (SSSR count). The van der Waals surface area contributed by atoms with Crippen molar-refractivity contribution in [2.45, 2.75) is 51.6 Å². The summed E-state index contributed by atoms with van der Waals surface area (Å²) >= 11 is 1.49. The van der Waals surface area contributed by atoms with Gasteiger partial charge in [-0.15, -0.1) is 11.3 Å². The van der Waals surface area contributed by atoms with Gasteiger partial charge in [-0.2, -0.15) is 0 Å². The Morgan fingerprint density at radius 1 is 1.26 bits per heavy atom. The molecule has 0 fully saturated rings. The van der Waals surface area contributed by atoms with Crippen LogP contribution in [-0.4, -0.2) is 18.0 Å². The van der Waals surface area contributed by atoms with Crippen molar-refractivity contribution < 1.29 is 14.3 Å². The molecule has 0 saturated heterocycles. The molecule has 1 amide bonds. The highest BCUT2D eigenvalue weighted by atomic mass is 32.1. The van der Waals surface area contributed by atoms with E-state index in [0.29, 0.717) is 4.88 Å². The second kappa shape index (κ2) is 6.19. The number of hydrogen-bond acceptors (Lipinski definition) is 4. The lowest BCUT2D eigenvalue weighted by Gasteiger charge is -2.07. The number of fused-ring (bicyclic) bond motifs is 1. The van der Waals surface area contributed by atoms with E-state index in [2.05, 4.69) is 0 Å². The first-order valence-electron chi connectivity index (χ1n) is 6.70. The number of rotatable bonds is 3.